The number of likely N-dealkylation sites (N-methyl/N-ethyl adjacent to an activating group) is 1. The lowest BCUT2D eigenvalue weighted by atomic mass is 10.1. The molecule has 146 valence electrons. The number of carbonyl (C=O) groups is 1. The van der Waals surface area contributed by atoms with Crippen molar-refractivity contribution in [2.75, 3.05) is 7.05 Å². The van der Waals surface area contributed by atoms with Crippen molar-refractivity contribution in [2.24, 2.45) is 0 Å². The number of rotatable bonds is 6. The van der Waals surface area contributed by atoms with Gasteiger partial charge in [-0.25, -0.2) is 9.67 Å². The molecule has 0 aliphatic heterocycles. The zero-order valence-electron chi connectivity index (χ0n) is 16.1. The van der Waals surface area contributed by atoms with Gasteiger partial charge < -0.3 is 4.90 Å². The molecule has 0 radical (unpaired) electrons. The van der Waals surface area contributed by atoms with Gasteiger partial charge in [0.1, 0.15) is 19.2 Å². The van der Waals surface area contributed by atoms with Crippen molar-refractivity contribution in [1.29, 1.82) is 0 Å². The number of nitrogens with zero attached hydrogens (tertiary/aromatic N) is 8. The van der Waals surface area contributed by atoms with Gasteiger partial charge in [0.05, 0.1) is 11.7 Å². The summed E-state index contributed by atoms with van der Waals surface area (Å²) < 4.78 is 1.68. The number of tetrazole rings is 1. The molecule has 0 bridgehead atoms. The van der Waals surface area contributed by atoms with Crippen LogP contribution in [0.2, 0.25) is 0 Å². The van der Waals surface area contributed by atoms with Gasteiger partial charge in [-0.2, -0.15) is 9.90 Å². The minimum atomic E-state index is -0.107. The Bertz CT molecular complexity index is 1070. The van der Waals surface area contributed by atoms with Gasteiger partial charge in [0.2, 0.25) is 11.7 Å². The molecular formula is C20H20N8O. The molecule has 9 heteroatoms. The molecule has 1 unspecified atom stereocenters. The van der Waals surface area contributed by atoms with E-state index in [9.17, 15) is 4.79 Å². The van der Waals surface area contributed by atoms with Gasteiger partial charge in [-0.05, 0) is 29.8 Å². The van der Waals surface area contributed by atoms with E-state index in [0.717, 1.165) is 16.8 Å². The summed E-state index contributed by atoms with van der Waals surface area (Å²) in [5.41, 5.74) is 2.79. The predicted molar refractivity (Wildman–Crippen MR) is 106 cm³/mol. The third-order valence-electron chi connectivity index (χ3n) is 4.79. The Morgan fingerprint density at radius 3 is 2.55 bits per heavy atom. The average molecular weight is 388 g/mol. The van der Waals surface area contributed by atoms with Crippen molar-refractivity contribution in [1.82, 2.24) is 39.9 Å². The summed E-state index contributed by atoms with van der Waals surface area (Å²) in [5.74, 6) is 0.396. The number of aromatic nitrogens is 7. The van der Waals surface area contributed by atoms with E-state index in [2.05, 4.69) is 25.5 Å². The molecule has 1 atom stereocenters. The SMILES string of the molecule is CC(c1ccc(-n2cncn2)cc1)N(C)C(=O)Cn1nnc(-c2ccccc2)n1. The monoisotopic (exact) mass is 388 g/mol. The predicted octanol–water partition coefficient (Wildman–Crippen LogP) is 2.14. The normalized spacial score (nSPS) is 11.9. The van der Waals surface area contributed by atoms with E-state index in [4.69, 9.17) is 0 Å². The highest BCUT2D eigenvalue weighted by Gasteiger charge is 2.19. The Labute approximate surface area is 167 Å². The van der Waals surface area contributed by atoms with Crippen LogP contribution in [0.15, 0.2) is 67.3 Å². The summed E-state index contributed by atoms with van der Waals surface area (Å²) in [6, 6.07) is 17.3. The Morgan fingerprint density at radius 1 is 1.10 bits per heavy atom. The molecule has 4 aromatic rings. The van der Waals surface area contributed by atoms with Crippen LogP contribution in [0.1, 0.15) is 18.5 Å². The maximum atomic E-state index is 12.7. The first kappa shape index (κ1) is 18.5. The highest BCUT2D eigenvalue weighted by molar-refractivity contribution is 5.76. The van der Waals surface area contributed by atoms with Crippen LogP contribution in [0.25, 0.3) is 17.1 Å². The molecule has 29 heavy (non-hydrogen) atoms. The molecule has 0 spiro atoms. The Morgan fingerprint density at radius 2 is 1.86 bits per heavy atom. The summed E-state index contributed by atoms with van der Waals surface area (Å²) >= 11 is 0. The summed E-state index contributed by atoms with van der Waals surface area (Å²) in [5, 5.41) is 16.5. The van der Waals surface area contributed by atoms with Crippen LogP contribution in [-0.4, -0.2) is 52.8 Å². The number of benzene rings is 2. The number of carbonyl (C=O) groups excluding carboxylic acids is 1. The van der Waals surface area contributed by atoms with Gasteiger partial charge in [0.25, 0.3) is 0 Å². The van der Waals surface area contributed by atoms with Crippen molar-refractivity contribution in [3.05, 3.63) is 72.8 Å². The van der Waals surface area contributed by atoms with Crippen LogP contribution in [0.4, 0.5) is 0 Å². The molecule has 9 nitrogen and oxygen atoms in total. The fraction of sp³-hybridized carbons (Fsp3) is 0.200. The van der Waals surface area contributed by atoms with Crippen molar-refractivity contribution in [3.63, 3.8) is 0 Å². The van der Waals surface area contributed by atoms with E-state index in [0.29, 0.717) is 5.82 Å². The summed E-state index contributed by atoms with van der Waals surface area (Å²) in [6.07, 6.45) is 3.13. The lowest BCUT2D eigenvalue weighted by Gasteiger charge is -2.25. The van der Waals surface area contributed by atoms with E-state index in [-0.39, 0.29) is 18.5 Å². The fourth-order valence-electron chi connectivity index (χ4n) is 2.93. The number of amides is 1. The van der Waals surface area contributed by atoms with Crippen LogP contribution in [-0.2, 0) is 11.3 Å². The molecule has 1 amide bonds. The Kier molecular flexibility index (Phi) is 5.10. The summed E-state index contributed by atoms with van der Waals surface area (Å²) in [4.78, 5) is 19.6. The second-order valence-corrected chi connectivity index (χ2v) is 6.62. The number of hydrogen-bond donors (Lipinski definition) is 0. The maximum absolute atomic E-state index is 12.7. The maximum Gasteiger partial charge on any atom is 0.246 e. The molecule has 4 rings (SSSR count). The van der Waals surface area contributed by atoms with Gasteiger partial charge in [-0.1, -0.05) is 42.5 Å². The molecule has 0 aliphatic rings. The molecule has 0 saturated carbocycles. The van der Waals surface area contributed by atoms with Crippen LogP contribution < -0.4 is 0 Å². The molecule has 0 N–H and O–H groups in total. The molecular weight excluding hydrogens is 368 g/mol. The molecule has 0 saturated heterocycles. The quantitative estimate of drug-likeness (QED) is 0.502. The van der Waals surface area contributed by atoms with Crippen molar-refractivity contribution >= 4 is 5.91 Å². The van der Waals surface area contributed by atoms with Crippen LogP contribution in [0.5, 0.6) is 0 Å². The first-order valence-corrected chi connectivity index (χ1v) is 9.15. The van der Waals surface area contributed by atoms with E-state index in [1.807, 2.05) is 61.5 Å². The first-order valence-electron chi connectivity index (χ1n) is 9.15. The van der Waals surface area contributed by atoms with Crippen LogP contribution >= 0.6 is 0 Å². The summed E-state index contributed by atoms with van der Waals surface area (Å²) in [6.45, 7) is 2.00. The third-order valence-corrected chi connectivity index (χ3v) is 4.79. The largest absolute Gasteiger partial charge is 0.337 e. The molecule has 2 heterocycles. The van der Waals surface area contributed by atoms with Crippen LogP contribution in [0, 0.1) is 0 Å². The average Bonchev–Trinajstić information content (AvgIpc) is 3.46. The second kappa shape index (κ2) is 8.01. The minimum absolute atomic E-state index is 0.0255. The smallest absolute Gasteiger partial charge is 0.246 e. The Balaban J connectivity index is 1.42. The fourth-order valence-corrected chi connectivity index (χ4v) is 2.93. The van der Waals surface area contributed by atoms with E-state index in [1.54, 1.807) is 23.0 Å². The zero-order chi connectivity index (χ0) is 20.2. The highest BCUT2D eigenvalue weighted by Crippen LogP contribution is 2.20. The number of hydrogen-bond acceptors (Lipinski definition) is 6. The standard InChI is InChI=1S/C20H20N8O/c1-15(16-8-10-18(11-9-16)27-14-21-13-22-27)26(2)19(29)12-28-24-20(23-25-28)17-6-4-3-5-7-17/h3-11,13-15H,12H2,1-2H3. The topological polar surface area (TPSA) is 94.6 Å². The third kappa shape index (κ3) is 4.03. The van der Waals surface area contributed by atoms with Gasteiger partial charge in [-0.3, -0.25) is 4.79 Å². The van der Waals surface area contributed by atoms with Crippen molar-refractivity contribution < 1.29 is 4.79 Å². The zero-order valence-corrected chi connectivity index (χ0v) is 16.1. The van der Waals surface area contributed by atoms with Gasteiger partial charge in [0, 0.05) is 12.6 Å². The van der Waals surface area contributed by atoms with Crippen LogP contribution in [0.3, 0.4) is 0 Å². The molecule has 0 fully saturated rings. The van der Waals surface area contributed by atoms with Gasteiger partial charge >= 0.3 is 0 Å². The molecule has 0 aliphatic carbocycles. The van der Waals surface area contributed by atoms with E-state index < -0.39 is 0 Å². The molecule has 2 aromatic heterocycles. The summed E-state index contributed by atoms with van der Waals surface area (Å²) in [7, 11) is 1.77. The molecule has 2 aromatic carbocycles. The lowest BCUT2D eigenvalue weighted by Crippen LogP contribution is -2.33. The first-order chi connectivity index (χ1) is 14.1. The van der Waals surface area contributed by atoms with Crippen molar-refractivity contribution in [3.8, 4) is 17.1 Å². The minimum Gasteiger partial charge on any atom is -0.337 e. The van der Waals surface area contributed by atoms with E-state index in [1.165, 1.54) is 11.1 Å². The van der Waals surface area contributed by atoms with Crippen molar-refractivity contribution in [2.45, 2.75) is 19.5 Å². The van der Waals surface area contributed by atoms with Gasteiger partial charge in [-0.15, -0.1) is 10.2 Å². The van der Waals surface area contributed by atoms with Gasteiger partial charge in [0.15, 0.2) is 0 Å². The highest BCUT2D eigenvalue weighted by atomic mass is 16.2. The Hall–Kier alpha value is -3.88. The second-order valence-electron chi connectivity index (χ2n) is 6.62. The van der Waals surface area contributed by atoms with E-state index >= 15 is 0 Å². The lowest BCUT2D eigenvalue weighted by molar-refractivity contribution is -0.132.